The normalized spacial score (nSPS) is 16.6. The number of benzene rings is 1. The van der Waals surface area contributed by atoms with E-state index in [1.807, 2.05) is 18.3 Å². The van der Waals surface area contributed by atoms with Gasteiger partial charge in [0.15, 0.2) is 0 Å². The van der Waals surface area contributed by atoms with E-state index in [2.05, 4.69) is 27.0 Å². The van der Waals surface area contributed by atoms with Crippen molar-refractivity contribution in [2.24, 2.45) is 0 Å². The Hall–Kier alpha value is -2.05. The molecule has 0 saturated carbocycles. The molecule has 0 radical (unpaired) electrons. The van der Waals surface area contributed by atoms with Crippen LogP contribution in [-0.2, 0) is 6.42 Å². The highest BCUT2D eigenvalue weighted by Crippen LogP contribution is 2.09. The molecule has 0 N–H and O–H groups in total. The largest absolute Gasteiger partial charge is 0.301 e. The van der Waals surface area contributed by atoms with E-state index < -0.39 is 0 Å². The number of carbonyl (C=O) groups excluding carboxylic acids is 1. The molecule has 1 aromatic carbocycles. The Morgan fingerprint density at radius 1 is 1.09 bits per heavy atom. The van der Waals surface area contributed by atoms with Crippen molar-refractivity contribution < 1.29 is 4.79 Å². The second-order valence-corrected chi connectivity index (χ2v) is 5.89. The number of nitrogens with zero attached hydrogens (tertiary/aromatic N) is 5. The van der Waals surface area contributed by atoms with E-state index in [9.17, 15) is 4.79 Å². The first kappa shape index (κ1) is 15.8. The standard InChI is InChI=1S/C17H23N5O/c1-2-20-9-11-21(12-10-20)8-7-16-13-22(19-18-16)17-5-3-15(14-23)4-6-17/h3-6,13-14H,2,7-12H2,1H3. The molecule has 122 valence electrons. The highest BCUT2D eigenvalue weighted by Gasteiger charge is 2.15. The zero-order valence-corrected chi connectivity index (χ0v) is 13.6. The lowest BCUT2D eigenvalue weighted by Gasteiger charge is -2.33. The Bertz CT molecular complexity index is 629. The average molecular weight is 313 g/mol. The summed E-state index contributed by atoms with van der Waals surface area (Å²) in [5.41, 5.74) is 2.59. The van der Waals surface area contributed by atoms with Crippen LogP contribution in [0.15, 0.2) is 30.5 Å². The number of carbonyl (C=O) groups is 1. The van der Waals surface area contributed by atoms with Gasteiger partial charge in [-0.1, -0.05) is 12.1 Å². The molecule has 2 aromatic rings. The molecule has 1 aliphatic heterocycles. The third kappa shape index (κ3) is 4.03. The molecular weight excluding hydrogens is 290 g/mol. The quantitative estimate of drug-likeness (QED) is 0.752. The molecule has 0 spiro atoms. The maximum absolute atomic E-state index is 10.7. The van der Waals surface area contributed by atoms with Crippen LogP contribution in [0.25, 0.3) is 5.69 Å². The Labute approximate surface area is 136 Å². The van der Waals surface area contributed by atoms with Gasteiger partial charge in [-0.15, -0.1) is 5.10 Å². The molecule has 1 fully saturated rings. The fourth-order valence-electron chi connectivity index (χ4n) is 2.85. The van der Waals surface area contributed by atoms with Gasteiger partial charge in [0.2, 0.25) is 0 Å². The van der Waals surface area contributed by atoms with Gasteiger partial charge >= 0.3 is 0 Å². The van der Waals surface area contributed by atoms with Crippen LogP contribution in [0.4, 0.5) is 0 Å². The van der Waals surface area contributed by atoms with Crippen molar-refractivity contribution in [2.75, 3.05) is 39.3 Å². The number of rotatable bonds is 6. The summed E-state index contributed by atoms with van der Waals surface area (Å²) in [5, 5.41) is 8.44. The number of aromatic nitrogens is 3. The highest BCUT2D eigenvalue weighted by molar-refractivity contribution is 5.75. The second kappa shape index (κ2) is 7.48. The molecule has 3 rings (SSSR count). The smallest absolute Gasteiger partial charge is 0.150 e. The number of aldehydes is 1. The predicted molar refractivity (Wildman–Crippen MR) is 89.0 cm³/mol. The molecule has 0 bridgehead atoms. The Morgan fingerprint density at radius 2 is 1.78 bits per heavy atom. The molecule has 6 heteroatoms. The van der Waals surface area contributed by atoms with E-state index >= 15 is 0 Å². The summed E-state index contributed by atoms with van der Waals surface area (Å²) in [6.07, 6.45) is 3.73. The number of hydrogen-bond donors (Lipinski definition) is 0. The topological polar surface area (TPSA) is 54.3 Å². The van der Waals surface area contributed by atoms with E-state index in [1.54, 1.807) is 16.8 Å². The Morgan fingerprint density at radius 3 is 2.43 bits per heavy atom. The van der Waals surface area contributed by atoms with Crippen molar-refractivity contribution in [3.05, 3.63) is 41.7 Å². The van der Waals surface area contributed by atoms with E-state index in [0.717, 1.165) is 63.4 Å². The van der Waals surface area contributed by atoms with Crippen molar-refractivity contribution in [1.29, 1.82) is 0 Å². The van der Waals surface area contributed by atoms with Gasteiger partial charge in [-0.3, -0.25) is 4.79 Å². The van der Waals surface area contributed by atoms with Crippen LogP contribution in [0.2, 0.25) is 0 Å². The van der Waals surface area contributed by atoms with Crippen LogP contribution in [0.1, 0.15) is 23.0 Å². The van der Waals surface area contributed by atoms with E-state index in [-0.39, 0.29) is 0 Å². The molecular formula is C17H23N5O. The van der Waals surface area contributed by atoms with Crippen LogP contribution in [-0.4, -0.2) is 70.3 Å². The summed E-state index contributed by atoms with van der Waals surface area (Å²) in [6.45, 7) is 8.98. The summed E-state index contributed by atoms with van der Waals surface area (Å²) in [4.78, 5) is 15.7. The first-order valence-corrected chi connectivity index (χ1v) is 8.20. The molecule has 0 unspecified atom stereocenters. The monoisotopic (exact) mass is 313 g/mol. The predicted octanol–water partition coefficient (Wildman–Crippen LogP) is 1.26. The van der Waals surface area contributed by atoms with Gasteiger partial charge in [0.05, 0.1) is 17.6 Å². The van der Waals surface area contributed by atoms with E-state index in [4.69, 9.17) is 0 Å². The van der Waals surface area contributed by atoms with Crippen molar-refractivity contribution in [2.45, 2.75) is 13.3 Å². The molecule has 1 saturated heterocycles. The maximum Gasteiger partial charge on any atom is 0.150 e. The highest BCUT2D eigenvalue weighted by atomic mass is 16.1. The first-order chi connectivity index (χ1) is 11.3. The third-order valence-corrected chi connectivity index (χ3v) is 4.43. The minimum Gasteiger partial charge on any atom is -0.301 e. The average Bonchev–Trinajstić information content (AvgIpc) is 3.09. The Balaban J connectivity index is 1.54. The number of piperazine rings is 1. The van der Waals surface area contributed by atoms with Gasteiger partial charge in [-0.2, -0.15) is 0 Å². The molecule has 1 aliphatic rings. The fraction of sp³-hybridized carbons (Fsp3) is 0.471. The van der Waals surface area contributed by atoms with Crippen LogP contribution < -0.4 is 0 Å². The molecule has 6 nitrogen and oxygen atoms in total. The molecule has 0 aliphatic carbocycles. The fourth-order valence-corrected chi connectivity index (χ4v) is 2.85. The molecule has 23 heavy (non-hydrogen) atoms. The molecule has 2 heterocycles. The zero-order chi connectivity index (χ0) is 16.1. The van der Waals surface area contributed by atoms with Gasteiger partial charge in [0, 0.05) is 44.7 Å². The minimum absolute atomic E-state index is 0.667. The van der Waals surface area contributed by atoms with Crippen molar-refractivity contribution in [3.63, 3.8) is 0 Å². The summed E-state index contributed by atoms with van der Waals surface area (Å²) >= 11 is 0. The molecule has 0 atom stereocenters. The van der Waals surface area contributed by atoms with E-state index in [0.29, 0.717) is 5.56 Å². The maximum atomic E-state index is 10.7. The van der Waals surface area contributed by atoms with Crippen molar-refractivity contribution >= 4 is 6.29 Å². The van der Waals surface area contributed by atoms with Gasteiger partial charge in [-0.05, 0) is 30.8 Å². The van der Waals surface area contributed by atoms with Crippen LogP contribution >= 0.6 is 0 Å². The molecule has 1 aromatic heterocycles. The minimum atomic E-state index is 0.667. The van der Waals surface area contributed by atoms with Crippen LogP contribution in [0.5, 0.6) is 0 Å². The van der Waals surface area contributed by atoms with Crippen LogP contribution in [0.3, 0.4) is 0 Å². The second-order valence-electron chi connectivity index (χ2n) is 5.89. The van der Waals surface area contributed by atoms with Gasteiger partial charge < -0.3 is 9.80 Å². The lowest BCUT2D eigenvalue weighted by Crippen LogP contribution is -2.46. The zero-order valence-electron chi connectivity index (χ0n) is 13.6. The van der Waals surface area contributed by atoms with Crippen molar-refractivity contribution in [3.8, 4) is 5.69 Å². The lowest BCUT2D eigenvalue weighted by atomic mass is 10.2. The molecule has 0 amide bonds. The summed E-state index contributed by atoms with van der Waals surface area (Å²) in [6, 6.07) is 7.34. The van der Waals surface area contributed by atoms with Crippen molar-refractivity contribution in [1.82, 2.24) is 24.8 Å². The summed E-state index contributed by atoms with van der Waals surface area (Å²) < 4.78 is 1.76. The summed E-state index contributed by atoms with van der Waals surface area (Å²) in [7, 11) is 0. The summed E-state index contributed by atoms with van der Waals surface area (Å²) in [5.74, 6) is 0. The SMILES string of the molecule is CCN1CCN(CCc2cn(-c3ccc(C=O)cc3)nn2)CC1. The third-order valence-electron chi connectivity index (χ3n) is 4.43. The van der Waals surface area contributed by atoms with Gasteiger partial charge in [-0.25, -0.2) is 4.68 Å². The number of hydrogen-bond acceptors (Lipinski definition) is 5. The van der Waals surface area contributed by atoms with Gasteiger partial charge in [0.25, 0.3) is 0 Å². The lowest BCUT2D eigenvalue weighted by molar-refractivity contribution is 0.112. The van der Waals surface area contributed by atoms with Crippen LogP contribution in [0, 0.1) is 0 Å². The number of likely N-dealkylation sites (N-methyl/N-ethyl adjacent to an activating group) is 1. The van der Waals surface area contributed by atoms with E-state index in [1.165, 1.54) is 0 Å². The van der Waals surface area contributed by atoms with Gasteiger partial charge in [0.1, 0.15) is 6.29 Å². The first-order valence-electron chi connectivity index (χ1n) is 8.20. The Kier molecular flexibility index (Phi) is 5.15.